The van der Waals surface area contributed by atoms with Crippen molar-refractivity contribution in [2.24, 2.45) is 5.92 Å². The molecule has 1 fully saturated rings. The molecule has 2 aromatic carbocycles. The summed E-state index contributed by atoms with van der Waals surface area (Å²) in [5, 5.41) is 2.07. The van der Waals surface area contributed by atoms with Gasteiger partial charge in [0.05, 0.1) is 12.2 Å². The zero-order chi connectivity index (χ0) is 13.9. The number of hydrogen-bond donors (Lipinski definition) is 0. The van der Waals surface area contributed by atoms with E-state index in [-0.39, 0.29) is 5.97 Å². The first-order chi connectivity index (χ1) is 9.61. The third-order valence-electron chi connectivity index (χ3n) is 4.37. The lowest BCUT2D eigenvalue weighted by Crippen LogP contribution is -2.24. The number of carbonyl (C=O) groups excluding carboxylic acids is 1. The molecule has 1 saturated heterocycles. The molecule has 2 aliphatic heterocycles. The fourth-order valence-corrected chi connectivity index (χ4v) is 3.42. The number of fused-ring (bicyclic) bond motifs is 4. The van der Waals surface area contributed by atoms with Crippen molar-refractivity contribution in [3.05, 3.63) is 47.0 Å². The second-order valence-electron chi connectivity index (χ2n) is 5.92. The summed E-state index contributed by atoms with van der Waals surface area (Å²) in [6.45, 7) is 4.81. The quantitative estimate of drug-likeness (QED) is 0.686. The third-order valence-corrected chi connectivity index (χ3v) is 4.37. The molecule has 4 rings (SSSR count). The second kappa shape index (κ2) is 3.83. The standard InChI is InChI=1S/C17H16O3/c1-10-8-17(19-9-10)14-7-6-12-11(2)4-3-5-13(12)15(14)16(18)20-17/h3-7,10H,8-9H2,1-2H3/t10-,17?/m1/s1. The lowest BCUT2D eigenvalue weighted by molar-refractivity contribution is -0.172. The third kappa shape index (κ3) is 1.41. The Labute approximate surface area is 117 Å². The minimum Gasteiger partial charge on any atom is -0.425 e. The van der Waals surface area contributed by atoms with E-state index in [1.165, 1.54) is 5.56 Å². The molecule has 3 heteroatoms. The molecule has 2 atom stereocenters. The monoisotopic (exact) mass is 268 g/mol. The Balaban J connectivity index is 2.01. The van der Waals surface area contributed by atoms with Gasteiger partial charge in [-0.3, -0.25) is 0 Å². The molecule has 2 aliphatic rings. The minimum absolute atomic E-state index is 0.259. The van der Waals surface area contributed by atoms with Gasteiger partial charge >= 0.3 is 5.97 Å². The average Bonchev–Trinajstić information content (AvgIpc) is 2.92. The largest absolute Gasteiger partial charge is 0.425 e. The summed E-state index contributed by atoms with van der Waals surface area (Å²) in [5.41, 5.74) is 2.74. The Hall–Kier alpha value is -1.87. The van der Waals surface area contributed by atoms with Crippen LogP contribution in [0.4, 0.5) is 0 Å². The number of esters is 1. The van der Waals surface area contributed by atoms with E-state index >= 15 is 0 Å². The normalized spacial score (nSPS) is 28.1. The Kier molecular flexibility index (Phi) is 2.28. The molecule has 0 amide bonds. The molecule has 0 radical (unpaired) electrons. The maximum Gasteiger partial charge on any atom is 0.342 e. The highest BCUT2D eigenvalue weighted by Gasteiger charge is 2.51. The number of aryl methyl sites for hydroxylation is 1. The van der Waals surface area contributed by atoms with E-state index in [2.05, 4.69) is 26.0 Å². The van der Waals surface area contributed by atoms with Crippen molar-refractivity contribution < 1.29 is 14.3 Å². The van der Waals surface area contributed by atoms with E-state index in [1.807, 2.05) is 18.2 Å². The molecule has 2 heterocycles. The van der Waals surface area contributed by atoms with Crippen molar-refractivity contribution >= 4 is 16.7 Å². The van der Waals surface area contributed by atoms with Gasteiger partial charge in [-0.2, -0.15) is 0 Å². The van der Waals surface area contributed by atoms with Crippen molar-refractivity contribution in [2.75, 3.05) is 6.61 Å². The van der Waals surface area contributed by atoms with Crippen LogP contribution in [0.3, 0.4) is 0 Å². The molecule has 0 bridgehead atoms. The van der Waals surface area contributed by atoms with Crippen LogP contribution in [0.15, 0.2) is 30.3 Å². The highest BCUT2D eigenvalue weighted by atomic mass is 16.7. The van der Waals surface area contributed by atoms with E-state index in [1.54, 1.807) is 0 Å². The van der Waals surface area contributed by atoms with Gasteiger partial charge in [-0.25, -0.2) is 4.79 Å². The molecule has 0 saturated carbocycles. The highest BCUT2D eigenvalue weighted by Crippen LogP contribution is 2.48. The SMILES string of the molecule is Cc1cccc2c3c(ccc12)C1(C[C@@H](C)CO1)OC3=O. The van der Waals surface area contributed by atoms with Gasteiger partial charge in [-0.05, 0) is 29.2 Å². The predicted molar refractivity (Wildman–Crippen MR) is 75.5 cm³/mol. The maximum absolute atomic E-state index is 12.4. The number of hydrogen-bond acceptors (Lipinski definition) is 3. The number of benzene rings is 2. The molecular weight excluding hydrogens is 252 g/mol. The summed E-state index contributed by atoms with van der Waals surface area (Å²) in [6, 6.07) is 10.1. The van der Waals surface area contributed by atoms with Crippen LogP contribution in [0.25, 0.3) is 10.8 Å². The van der Waals surface area contributed by atoms with Crippen LogP contribution >= 0.6 is 0 Å². The van der Waals surface area contributed by atoms with Crippen LogP contribution in [0.1, 0.15) is 34.8 Å². The van der Waals surface area contributed by atoms with E-state index < -0.39 is 5.79 Å². The summed E-state index contributed by atoms with van der Waals surface area (Å²) in [4.78, 5) is 12.4. The molecule has 0 N–H and O–H groups in total. The number of ether oxygens (including phenoxy) is 2. The van der Waals surface area contributed by atoms with Crippen molar-refractivity contribution in [3.63, 3.8) is 0 Å². The summed E-state index contributed by atoms with van der Waals surface area (Å²) >= 11 is 0. The van der Waals surface area contributed by atoms with Gasteiger partial charge in [0.25, 0.3) is 0 Å². The van der Waals surface area contributed by atoms with Gasteiger partial charge in [0.15, 0.2) is 0 Å². The fourth-order valence-electron chi connectivity index (χ4n) is 3.42. The van der Waals surface area contributed by atoms with Gasteiger partial charge in [0, 0.05) is 12.0 Å². The molecular formula is C17H16O3. The average molecular weight is 268 g/mol. The van der Waals surface area contributed by atoms with E-state index in [9.17, 15) is 4.79 Å². The summed E-state index contributed by atoms with van der Waals surface area (Å²) in [5.74, 6) is -0.698. The maximum atomic E-state index is 12.4. The first-order valence-electron chi connectivity index (χ1n) is 7.01. The summed E-state index contributed by atoms with van der Waals surface area (Å²) in [6.07, 6.45) is 0.739. The minimum atomic E-state index is -0.843. The van der Waals surface area contributed by atoms with Gasteiger partial charge < -0.3 is 9.47 Å². The zero-order valence-corrected chi connectivity index (χ0v) is 11.6. The Morgan fingerprint density at radius 3 is 2.80 bits per heavy atom. The molecule has 3 nitrogen and oxygen atoms in total. The van der Waals surface area contributed by atoms with Gasteiger partial charge in [0.1, 0.15) is 0 Å². The molecule has 20 heavy (non-hydrogen) atoms. The lowest BCUT2D eigenvalue weighted by Gasteiger charge is -2.22. The first kappa shape index (κ1) is 11.9. The molecule has 102 valence electrons. The molecule has 1 unspecified atom stereocenters. The lowest BCUT2D eigenvalue weighted by atomic mass is 9.92. The topological polar surface area (TPSA) is 35.5 Å². The van der Waals surface area contributed by atoms with Crippen molar-refractivity contribution in [3.8, 4) is 0 Å². The highest BCUT2D eigenvalue weighted by molar-refractivity contribution is 6.08. The smallest absolute Gasteiger partial charge is 0.342 e. The second-order valence-corrected chi connectivity index (χ2v) is 5.92. The van der Waals surface area contributed by atoms with Gasteiger partial charge in [0.2, 0.25) is 5.79 Å². The van der Waals surface area contributed by atoms with E-state index in [4.69, 9.17) is 9.47 Å². The van der Waals surface area contributed by atoms with Gasteiger partial charge in [-0.1, -0.05) is 37.3 Å². The Morgan fingerprint density at radius 1 is 1.20 bits per heavy atom. The molecule has 1 spiro atoms. The number of rotatable bonds is 0. The Bertz CT molecular complexity index is 734. The van der Waals surface area contributed by atoms with Gasteiger partial charge in [-0.15, -0.1) is 0 Å². The van der Waals surface area contributed by atoms with Crippen LogP contribution in [0.2, 0.25) is 0 Å². The summed E-state index contributed by atoms with van der Waals surface area (Å²) < 4.78 is 11.5. The van der Waals surface area contributed by atoms with Crippen LogP contribution in [-0.4, -0.2) is 12.6 Å². The first-order valence-corrected chi connectivity index (χ1v) is 7.01. The van der Waals surface area contributed by atoms with Crippen LogP contribution in [0, 0.1) is 12.8 Å². The fraction of sp³-hybridized carbons (Fsp3) is 0.353. The van der Waals surface area contributed by atoms with Crippen molar-refractivity contribution in [2.45, 2.75) is 26.1 Å². The van der Waals surface area contributed by atoms with E-state index in [0.717, 1.165) is 22.8 Å². The van der Waals surface area contributed by atoms with Crippen LogP contribution < -0.4 is 0 Å². The van der Waals surface area contributed by atoms with Crippen molar-refractivity contribution in [1.29, 1.82) is 0 Å². The predicted octanol–water partition coefficient (Wildman–Crippen LogP) is 3.53. The Morgan fingerprint density at radius 2 is 2.05 bits per heavy atom. The van der Waals surface area contributed by atoms with Crippen molar-refractivity contribution in [1.82, 2.24) is 0 Å². The molecule has 2 aromatic rings. The molecule has 0 aromatic heterocycles. The molecule has 0 aliphatic carbocycles. The number of carbonyl (C=O) groups is 1. The van der Waals surface area contributed by atoms with Crippen LogP contribution in [-0.2, 0) is 15.3 Å². The zero-order valence-electron chi connectivity index (χ0n) is 11.6. The van der Waals surface area contributed by atoms with Crippen LogP contribution in [0.5, 0.6) is 0 Å². The summed E-state index contributed by atoms with van der Waals surface area (Å²) in [7, 11) is 0. The van der Waals surface area contributed by atoms with E-state index in [0.29, 0.717) is 18.1 Å².